The second-order valence-corrected chi connectivity index (χ2v) is 8.92. The van der Waals surface area contributed by atoms with E-state index in [-0.39, 0.29) is 16.3 Å². The first-order valence-electron chi connectivity index (χ1n) is 9.96. The minimum atomic E-state index is -0.682. The van der Waals surface area contributed by atoms with Gasteiger partial charge in [-0.1, -0.05) is 0 Å². The fourth-order valence-electron chi connectivity index (χ4n) is 3.23. The van der Waals surface area contributed by atoms with E-state index in [1.807, 2.05) is 0 Å². The van der Waals surface area contributed by atoms with Crippen LogP contribution in [0.25, 0.3) is 0 Å². The molecule has 0 radical (unpaired) electrons. The fraction of sp³-hybridized carbons (Fsp3) is 0.429. The van der Waals surface area contributed by atoms with Gasteiger partial charge in [0.1, 0.15) is 15.9 Å². The van der Waals surface area contributed by atoms with Gasteiger partial charge >= 0.3 is 6.09 Å². The zero-order valence-electron chi connectivity index (χ0n) is 17.6. The lowest BCUT2D eigenvalue weighted by atomic mass is 10.1. The smallest absolute Gasteiger partial charge is 0.415 e. The van der Waals surface area contributed by atoms with Gasteiger partial charge in [0.2, 0.25) is 0 Å². The first kappa shape index (κ1) is 23.1. The summed E-state index contributed by atoms with van der Waals surface area (Å²) in [6.07, 6.45) is 4.19. The number of hydrogen-bond acceptors (Lipinski definition) is 6. The molecule has 0 unspecified atom stereocenters. The van der Waals surface area contributed by atoms with Gasteiger partial charge < -0.3 is 15.4 Å². The van der Waals surface area contributed by atoms with Gasteiger partial charge in [0.25, 0.3) is 5.91 Å². The van der Waals surface area contributed by atoms with E-state index in [2.05, 4.69) is 36.5 Å². The maximum atomic E-state index is 13.5. The largest absolute Gasteiger partial charge is 0.443 e. The molecule has 31 heavy (non-hydrogen) atoms. The molecular weight excluding hydrogens is 469 g/mol. The van der Waals surface area contributed by atoms with E-state index in [9.17, 15) is 14.0 Å². The third kappa shape index (κ3) is 5.98. The van der Waals surface area contributed by atoms with E-state index in [1.165, 1.54) is 12.3 Å². The molecule has 0 spiro atoms. The Hall–Kier alpha value is -2.59. The number of piperidine rings is 1. The van der Waals surface area contributed by atoms with Crippen LogP contribution in [-0.4, -0.2) is 46.7 Å². The average Bonchev–Trinajstić information content (AvgIpc) is 2.71. The summed E-state index contributed by atoms with van der Waals surface area (Å²) >= 11 is 2.98. The van der Waals surface area contributed by atoms with Crippen molar-refractivity contribution in [2.45, 2.75) is 45.3 Å². The molecule has 0 aromatic carbocycles. The first-order chi connectivity index (χ1) is 14.7. The van der Waals surface area contributed by atoms with E-state index in [0.29, 0.717) is 17.9 Å². The van der Waals surface area contributed by atoms with Gasteiger partial charge in [-0.05, 0) is 74.3 Å². The van der Waals surface area contributed by atoms with Gasteiger partial charge in [-0.15, -0.1) is 0 Å². The van der Waals surface area contributed by atoms with Crippen molar-refractivity contribution in [2.24, 2.45) is 0 Å². The van der Waals surface area contributed by atoms with E-state index in [1.54, 1.807) is 37.9 Å². The van der Waals surface area contributed by atoms with Crippen molar-refractivity contribution in [1.29, 1.82) is 0 Å². The molecule has 10 heteroatoms. The molecule has 1 aliphatic heterocycles. The van der Waals surface area contributed by atoms with Crippen LogP contribution in [0.4, 0.5) is 20.6 Å². The Labute approximate surface area is 188 Å². The number of rotatable bonds is 4. The Morgan fingerprint density at radius 1 is 1.32 bits per heavy atom. The van der Waals surface area contributed by atoms with Crippen LogP contribution >= 0.6 is 15.9 Å². The highest BCUT2D eigenvalue weighted by Gasteiger charge is 2.32. The number of carbonyl (C=O) groups excluding carboxylic acids is 2. The van der Waals surface area contributed by atoms with Crippen LogP contribution < -0.4 is 15.5 Å². The molecule has 1 atom stereocenters. The Morgan fingerprint density at radius 2 is 2.10 bits per heavy atom. The van der Waals surface area contributed by atoms with Gasteiger partial charge in [-0.25, -0.2) is 14.2 Å². The third-order valence-corrected chi connectivity index (χ3v) is 5.12. The van der Waals surface area contributed by atoms with Gasteiger partial charge in [0.15, 0.2) is 5.82 Å². The van der Waals surface area contributed by atoms with E-state index < -0.39 is 23.4 Å². The lowest BCUT2D eigenvalue weighted by Crippen LogP contribution is -2.50. The molecule has 0 saturated carbocycles. The van der Waals surface area contributed by atoms with E-state index >= 15 is 0 Å². The molecule has 1 aliphatic rings. The molecule has 3 rings (SSSR count). The third-order valence-electron chi connectivity index (χ3n) is 4.57. The van der Waals surface area contributed by atoms with Crippen LogP contribution in [0.2, 0.25) is 0 Å². The van der Waals surface area contributed by atoms with Crippen LogP contribution in [0.15, 0.2) is 35.2 Å². The summed E-state index contributed by atoms with van der Waals surface area (Å²) in [7, 11) is 0. The number of amides is 2. The molecule has 3 heterocycles. The predicted molar refractivity (Wildman–Crippen MR) is 119 cm³/mol. The molecule has 1 fully saturated rings. The fourth-order valence-corrected chi connectivity index (χ4v) is 3.56. The highest BCUT2D eigenvalue weighted by atomic mass is 79.9. The minimum Gasteiger partial charge on any atom is -0.443 e. The van der Waals surface area contributed by atoms with Crippen LogP contribution in [0.1, 0.15) is 44.1 Å². The summed E-state index contributed by atoms with van der Waals surface area (Å²) < 4.78 is 19.1. The van der Waals surface area contributed by atoms with Crippen molar-refractivity contribution in [3.63, 3.8) is 0 Å². The highest BCUT2D eigenvalue weighted by Crippen LogP contribution is 2.30. The number of nitrogens with zero attached hydrogens (tertiary/aromatic N) is 3. The van der Waals surface area contributed by atoms with E-state index in [0.717, 1.165) is 25.5 Å². The highest BCUT2D eigenvalue weighted by molar-refractivity contribution is 9.10. The van der Waals surface area contributed by atoms with Crippen molar-refractivity contribution < 1.29 is 18.7 Å². The van der Waals surface area contributed by atoms with Gasteiger partial charge in [-0.3, -0.25) is 14.7 Å². The van der Waals surface area contributed by atoms with Crippen LogP contribution in [0, 0.1) is 5.82 Å². The first-order valence-corrected chi connectivity index (χ1v) is 10.8. The predicted octanol–water partition coefficient (Wildman–Crippen LogP) is 4.12. The number of hydrogen-bond donors (Lipinski definition) is 2. The lowest BCUT2D eigenvalue weighted by molar-refractivity contribution is 0.0560. The zero-order chi connectivity index (χ0) is 22.6. The molecule has 1 saturated heterocycles. The van der Waals surface area contributed by atoms with Crippen LogP contribution in [0.5, 0.6) is 0 Å². The van der Waals surface area contributed by atoms with Gasteiger partial charge in [0.05, 0.1) is 23.6 Å². The zero-order valence-corrected chi connectivity index (χ0v) is 19.2. The second kappa shape index (κ2) is 9.69. The lowest BCUT2D eigenvalue weighted by Gasteiger charge is -2.36. The van der Waals surface area contributed by atoms with Crippen LogP contribution in [-0.2, 0) is 4.74 Å². The minimum absolute atomic E-state index is 0.0197. The average molecular weight is 494 g/mol. The van der Waals surface area contributed by atoms with Crippen molar-refractivity contribution >= 4 is 39.3 Å². The summed E-state index contributed by atoms with van der Waals surface area (Å²) in [5, 5.41) is 6.03. The molecule has 2 amide bonds. The number of aromatic nitrogens is 2. The summed E-state index contributed by atoms with van der Waals surface area (Å²) in [5.74, 6) is -1.12. The topological polar surface area (TPSA) is 96.5 Å². The second-order valence-electron chi connectivity index (χ2n) is 8.17. The van der Waals surface area contributed by atoms with Crippen molar-refractivity contribution in [1.82, 2.24) is 15.3 Å². The Morgan fingerprint density at radius 3 is 2.74 bits per heavy atom. The number of halogens is 2. The number of ether oxygens (including phenoxy) is 1. The van der Waals surface area contributed by atoms with Gasteiger partial charge in [0, 0.05) is 12.7 Å². The van der Waals surface area contributed by atoms with Crippen molar-refractivity contribution in [3.05, 3.63) is 46.7 Å². The summed E-state index contributed by atoms with van der Waals surface area (Å²) in [5.41, 5.74) is 0.128. The van der Waals surface area contributed by atoms with E-state index in [4.69, 9.17) is 4.74 Å². The molecule has 8 nitrogen and oxygen atoms in total. The quantitative estimate of drug-likeness (QED) is 0.621. The number of pyridine rings is 2. The Bertz CT molecular complexity index is 960. The maximum absolute atomic E-state index is 13.5. The molecule has 2 aromatic heterocycles. The SMILES string of the molecule is CC(C)(C)OC(=O)N(c1ccncc1NC(=O)c1ccc(F)c(Br)n1)[C@H]1CCCNC1. The maximum Gasteiger partial charge on any atom is 0.415 e. The Balaban J connectivity index is 1.93. The Kier molecular flexibility index (Phi) is 7.22. The summed E-state index contributed by atoms with van der Waals surface area (Å²) in [4.78, 5) is 35.4. The summed E-state index contributed by atoms with van der Waals surface area (Å²) in [6, 6.07) is 3.93. The number of carbonyl (C=O) groups is 2. The standard InChI is InChI=1S/C21H25BrFN5O3/c1-21(2,3)31-20(30)28(13-5-4-9-24-11-13)17-8-10-25-12-16(17)27-19(29)15-7-6-14(23)18(22)26-15/h6-8,10,12-13,24H,4-5,9,11H2,1-3H3,(H,27,29)/t13-/m0/s1. The number of nitrogens with one attached hydrogen (secondary N) is 2. The number of anilines is 2. The molecule has 2 aromatic rings. The molecule has 166 valence electrons. The van der Waals surface area contributed by atoms with Crippen molar-refractivity contribution in [3.8, 4) is 0 Å². The van der Waals surface area contributed by atoms with Crippen LogP contribution in [0.3, 0.4) is 0 Å². The molecular formula is C21H25BrFN5O3. The van der Waals surface area contributed by atoms with Crippen molar-refractivity contribution in [2.75, 3.05) is 23.3 Å². The molecule has 0 aliphatic carbocycles. The molecule has 0 bridgehead atoms. The summed E-state index contributed by atoms with van der Waals surface area (Å²) in [6.45, 7) is 6.88. The monoisotopic (exact) mass is 493 g/mol. The molecule has 2 N–H and O–H groups in total. The van der Waals surface area contributed by atoms with Gasteiger partial charge in [-0.2, -0.15) is 0 Å². The normalized spacial score (nSPS) is 16.5.